The normalized spacial score (nSPS) is 17.8. The number of hydrogen-bond acceptors (Lipinski definition) is 4. The summed E-state index contributed by atoms with van der Waals surface area (Å²) in [6.45, 7) is -0.508. The Kier molecular flexibility index (Phi) is 5.79. The Balaban J connectivity index is 1.68. The minimum absolute atomic E-state index is 0.108. The number of hydrogen-bond donors (Lipinski definition) is 3. The van der Waals surface area contributed by atoms with E-state index in [1.54, 1.807) is 7.05 Å². The highest BCUT2D eigenvalue weighted by Gasteiger charge is 2.50. The van der Waals surface area contributed by atoms with Crippen molar-refractivity contribution in [3.63, 3.8) is 0 Å². The SMILES string of the molecule is Cn1ccc([C@@]2(CNC(=O)c3ccc(F)c(F)c3-c3ccc(C(F)(F)F)cc3)NC(=O)NC2=O)n1. The van der Waals surface area contributed by atoms with E-state index in [1.807, 2.05) is 0 Å². The summed E-state index contributed by atoms with van der Waals surface area (Å²) < 4.78 is 68.8. The Labute approximate surface area is 194 Å². The van der Waals surface area contributed by atoms with Crippen molar-refractivity contribution in [2.75, 3.05) is 6.54 Å². The molecule has 2 heterocycles. The summed E-state index contributed by atoms with van der Waals surface area (Å²) in [6, 6.07) is 5.45. The van der Waals surface area contributed by atoms with Crippen molar-refractivity contribution in [3.05, 3.63) is 77.1 Å². The van der Waals surface area contributed by atoms with Gasteiger partial charge in [0.1, 0.15) is 0 Å². The largest absolute Gasteiger partial charge is 0.416 e. The zero-order chi connectivity index (χ0) is 25.5. The van der Waals surface area contributed by atoms with Gasteiger partial charge in [-0.05, 0) is 35.9 Å². The molecule has 4 amide bonds. The first-order chi connectivity index (χ1) is 16.4. The first-order valence-electron chi connectivity index (χ1n) is 10.00. The van der Waals surface area contributed by atoms with E-state index >= 15 is 0 Å². The molecule has 0 unspecified atom stereocenters. The van der Waals surface area contributed by atoms with Gasteiger partial charge in [0.05, 0.1) is 23.4 Å². The number of benzene rings is 2. The molecule has 35 heavy (non-hydrogen) atoms. The molecule has 2 aromatic carbocycles. The van der Waals surface area contributed by atoms with Crippen LogP contribution in [0.5, 0.6) is 0 Å². The molecular weight excluding hydrogens is 477 g/mol. The molecule has 8 nitrogen and oxygen atoms in total. The fourth-order valence-electron chi connectivity index (χ4n) is 3.69. The first-order valence-corrected chi connectivity index (χ1v) is 10.00. The zero-order valence-electron chi connectivity index (χ0n) is 17.8. The van der Waals surface area contributed by atoms with Gasteiger partial charge in [0, 0.05) is 18.8 Å². The number of alkyl halides is 3. The van der Waals surface area contributed by atoms with Crippen LogP contribution < -0.4 is 16.0 Å². The monoisotopic (exact) mass is 493 g/mol. The number of nitrogens with zero attached hydrogens (tertiary/aromatic N) is 2. The van der Waals surface area contributed by atoms with E-state index in [0.717, 1.165) is 18.2 Å². The molecule has 1 saturated heterocycles. The summed E-state index contributed by atoms with van der Waals surface area (Å²) in [5, 5.41) is 11.0. The van der Waals surface area contributed by atoms with Crippen LogP contribution in [-0.4, -0.2) is 34.2 Å². The van der Waals surface area contributed by atoms with Crippen LogP contribution in [0.15, 0.2) is 48.7 Å². The van der Waals surface area contributed by atoms with Gasteiger partial charge in [-0.15, -0.1) is 0 Å². The van der Waals surface area contributed by atoms with Crippen molar-refractivity contribution < 1.29 is 36.3 Å². The van der Waals surface area contributed by atoms with Crippen molar-refractivity contribution in [2.24, 2.45) is 7.05 Å². The highest BCUT2D eigenvalue weighted by Crippen LogP contribution is 2.34. The second kappa shape index (κ2) is 8.49. The number of aryl methyl sites for hydroxylation is 1. The molecular formula is C22H16F5N5O3. The second-order valence-corrected chi connectivity index (χ2v) is 7.73. The number of aromatic nitrogens is 2. The maximum atomic E-state index is 14.7. The minimum Gasteiger partial charge on any atom is -0.349 e. The molecule has 3 N–H and O–H groups in total. The summed E-state index contributed by atoms with van der Waals surface area (Å²) >= 11 is 0. The molecule has 0 spiro atoms. The number of rotatable bonds is 5. The number of amides is 4. The van der Waals surface area contributed by atoms with Gasteiger partial charge in [-0.3, -0.25) is 19.6 Å². The highest BCUT2D eigenvalue weighted by molar-refractivity contribution is 6.08. The fourth-order valence-corrected chi connectivity index (χ4v) is 3.69. The molecule has 1 aromatic heterocycles. The summed E-state index contributed by atoms with van der Waals surface area (Å²) in [5.41, 5.74) is -3.82. The van der Waals surface area contributed by atoms with Crippen LogP contribution in [-0.2, 0) is 23.6 Å². The van der Waals surface area contributed by atoms with Gasteiger partial charge in [0.2, 0.25) is 0 Å². The quantitative estimate of drug-likeness (QED) is 0.376. The molecule has 1 aliphatic heterocycles. The van der Waals surface area contributed by atoms with Crippen LogP contribution in [0, 0.1) is 11.6 Å². The van der Waals surface area contributed by atoms with Crippen LogP contribution in [0.2, 0.25) is 0 Å². The number of carbonyl (C=O) groups is 3. The summed E-state index contributed by atoms with van der Waals surface area (Å²) in [6.07, 6.45) is -3.14. The third-order valence-electron chi connectivity index (χ3n) is 5.45. The summed E-state index contributed by atoms with van der Waals surface area (Å²) in [4.78, 5) is 37.4. The molecule has 0 saturated carbocycles. The molecule has 0 bridgehead atoms. The third-order valence-corrected chi connectivity index (χ3v) is 5.45. The van der Waals surface area contributed by atoms with Crippen LogP contribution in [0.3, 0.4) is 0 Å². The van der Waals surface area contributed by atoms with Crippen molar-refractivity contribution in [3.8, 4) is 11.1 Å². The number of nitrogens with one attached hydrogen (secondary N) is 3. The Morgan fingerprint density at radius 1 is 1.09 bits per heavy atom. The molecule has 13 heteroatoms. The van der Waals surface area contributed by atoms with Gasteiger partial charge in [0.15, 0.2) is 17.2 Å². The van der Waals surface area contributed by atoms with Gasteiger partial charge in [-0.2, -0.15) is 18.3 Å². The number of carbonyl (C=O) groups excluding carboxylic acids is 3. The van der Waals surface area contributed by atoms with Crippen molar-refractivity contribution in [1.82, 2.24) is 25.7 Å². The smallest absolute Gasteiger partial charge is 0.349 e. The van der Waals surface area contributed by atoms with Gasteiger partial charge < -0.3 is 10.6 Å². The van der Waals surface area contributed by atoms with Crippen LogP contribution in [0.25, 0.3) is 11.1 Å². The lowest BCUT2D eigenvalue weighted by atomic mass is 9.94. The molecule has 0 aliphatic carbocycles. The number of halogens is 5. The topological polar surface area (TPSA) is 105 Å². The molecule has 4 rings (SSSR count). The van der Waals surface area contributed by atoms with Crippen LogP contribution >= 0.6 is 0 Å². The fraction of sp³-hybridized carbons (Fsp3) is 0.182. The van der Waals surface area contributed by atoms with E-state index in [4.69, 9.17) is 0 Å². The molecule has 1 aliphatic rings. The molecule has 0 radical (unpaired) electrons. The lowest BCUT2D eigenvalue weighted by Crippen LogP contribution is -2.53. The van der Waals surface area contributed by atoms with Crippen LogP contribution in [0.1, 0.15) is 21.6 Å². The first kappa shape index (κ1) is 23.9. The Bertz CT molecular complexity index is 1340. The van der Waals surface area contributed by atoms with E-state index in [-0.39, 0.29) is 11.3 Å². The number of urea groups is 1. The van der Waals surface area contributed by atoms with E-state index in [2.05, 4.69) is 21.0 Å². The maximum Gasteiger partial charge on any atom is 0.416 e. The third kappa shape index (κ3) is 4.32. The lowest BCUT2D eigenvalue weighted by Gasteiger charge is -2.24. The highest BCUT2D eigenvalue weighted by atomic mass is 19.4. The van der Waals surface area contributed by atoms with Crippen molar-refractivity contribution in [2.45, 2.75) is 11.7 Å². The van der Waals surface area contributed by atoms with E-state index < -0.39 is 64.4 Å². The average molecular weight is 493 g/mol. The van der Waals surface area contributed by atoms with Crippen molar-refractivity contribution >= 4 is 17.8 Å². The number of imide groups is 1. The van der Waals surface area contributed by atoms with E-state index in [0.29, 0.717) is 18.2 Å². The molecule has 1 fully saturated rings. The Morgan fingerprint density at radius 3 is 2.31 bits per heavy atom. The van der Waals surface area contributed by atoms with Gasteiger partial charge in [0.25, 0.3) is 11.8 Å². The average Bonchev–Trinajstić information content (AvgIpc) is 3.36. The molecule has 1 atom stereocenters. The predicted molar refractivity (Wildman–Crippen MR) is 111 cm³/mol. The van der Waals surface area contributed by atoms with Gasteiger partial charge in [-0.25, -0.2) is 13.6 Å². The second-order valence-electron chi connectivity index (χ2n) is 7.73. The summed E-state index contributed by atoms with van der Waals surface area (Å²) in [7, 11) is 1.57. The molecule has 182 valence electrons. The maximum absolute atomic E-state index is 14.7. The van der Waals surface area contributed by atoms with Gasteiger partial charge in [-0.1, -0.05) is 12.1 Å². The zero-order valence-corrected chi connectivity index (χ0v) is 17.8. The summed E-state index contributed by atoms with van der Waals surface area (Å²) in [5.74, 6) is -4.52. The van der Waals surface area contributed by atoms with Crippen LogP contribution in [0.4, 0.5) is 26.7 Å². The van der Waals surface area contributed by atoms with E-state index in [9.17, 15) is 36.3 Å². The van der Waals surface area contributed by atoms with E-state index in [1.165, 1.54) is 16.9 Å². The predicted octanol–water partition coefficient (Wildman–Crippen LogP) is 2.85. The Morgan fingerprint density at radius 2 is 1.77 bits per heavy atom. The molecule has 3 aromatic rings. The van der Waals surface area contributed by atoms with Gasteiger partial charge >= 0.3 is 12.2 Å². The minimum atomic E-state index is -4.65. The van der Waals surface area contributed by atoms with Crippen molar-refractivity contribution in [1.29, 1.82) is 0 Å². The standard InChI is InChI=1S/C22H16F5N5O3/c1-32-9-8-15(31-32)21(19(34)29-20(35)30-21)10-28-18(33)13-6-7-14(23)17(24)16(13)11-2-4-12(5-3-11)22(25,26)27/h2-9H,10H2,1H3,(H,28,33)(H2,29,30,34,35)/t21-/m1/s1. The lowest BCUT2D eigenvalue weighted by molar-refractivity contribution is -0.137. The Hall–Kier alpha value is -4.29.